The van der Waals surface area contributed by atoms with Gasteiger partial charge in [-0.25, -0.2) is 0 Å². The minimum absolute atomic E-state index is 0.0560. The van der Waals surface area contributed by atoms with Gasteiger partial charge in [0.2, 0.25) is 0 Å². The lowest BCUT2D eigenvalue weighted by Crippen LogP contribution is -2.25. The minimum atomic E-state index is -4.36. The molecule has 106 valence electrons. The lowest BCUT2D eigenvalue weighted by atomic mass is 10.2. The van der Waals surface area contributed by atoms with Gasteiger partial charge in [0.25, 0.3) is 0 Å². The summed E-state index contributed by atoms with van der Waals surface area (Å²) in [6, 6.07) is 3.42. The smallest absolute Gasteiger partial charge is 0.398 e. The predicted octanol–water partition coefficient (Wildman–Crippen LogP) is 3.14. The van der Waals surface area contributed by atoms with Crippen LogP contribution in [-0.4, -0.2) is 25.3 Å². The number of hydrogen-bond donors (Lipinski definition) is 1. The van der Waals surface area contributed by atoms with Gasteiger partial charge in [0.15, 0.2) is 0 Å². The lowest BCUT2D eigenvalue weighted by Gasteiger charge is -2.22. The Morgan fingerprint density at radius 2 is 2.16 bits per heavy atom. The molecular formula is C12H14F3NO2S. The van der Waals surface area contributed by atoms with Crippen LogP contribution in [0.2, 0.25) is 0 Å². The van der Waals surface area contributed by atoms with E-state index in [1.165, 1.54) is 17.8 Å². The zero-order valence-corrected chi connectivity index (χ0v) is 10.9. The first-order valence-corrected chi connectivity index (χ1v) is 6.74. The first-order valence-electron chi connectivity index (χ1n) is 5.75. The molecule has 0 saturated carbocycles. The Kier molecular flexibility index (Phi) is 4.59. The number of thioether (sulfide) groups is 1. The van der Waals surface area contributed by atoms with Crippen LogP contribution in [0.1, 0.15) is 12.0 Å². The second-order valence-electron chi connectivity index (χ2n) is 4.16. The van der Waals surface area contributed by atoms with Crippen LogP contribution in [0.15, 0.2) is 23.1 Å². The fraction of sp³-hybridized carbons (Fsp3) is 0.500. The summed E-state index contributed by atoms with van der Waals surface area (Å²) in [5.41, 5.74) is 5.07. The van der Waals surface area contributed by atoms with Gasteiger partial charge >= 0.3 is 6.18 Å². The molecule has 3 nitrogen and oxygen atoms in total. The van der Waals surface area contributed by atoms with Crippen molar-refractivity contribution in [2.24, 2.45) is 0 Å². The number of benzene rings is 1. The number of hydrogen-bond acceptors (Lipinski definition) is 4. The standard InChI is InChI=1S/C12H14F3NO2S/c13-12(14,15)8-1-2-11(10(16)5-8)19-6-9-3-4-17-7-18-9/h1-2,5,9H,3-4,6-7,16H2. The quantitative estimate of drug-likeness (QED) is 0.687. The zero-order chi connectivity index (χ0) is 13.9. The summed E-state index contributed by atoms with van der Waals surface area (Å²) >= 11 is 1.40. The van der Waals surface area contributed by atoms with Gasteiger partial charge in [0, 0.05) is 16.3 Å². The molecule has 0 radical (unpaired) electrons. The van der Waals surface area contributed by atoms with Crippen molar-refractivity contribution in [1.29, 1.82) is 0 Å². The second-order valence-corrected chi connectivity index (χ2v) is 5.23. The molecule has 0 amide bonds. The predicted molar refractivity (Wildman–Crippen MR) is 66.9 cm³/mol. The Bertz CT molecular complexity index is 433. The fourth-order valence-corrected chi connectivity index (χ4v) is 2.69. The van der Waals surface area contributed by atoms with Crippen LogP contribution in [-0.2, 0) is 15.7 Å². The summed E-state index contributed by atoms with van der Waals surface area (Å²) in [6.45, 7) is 0.918. The maximum Gasteiger partial charge on any atom is 0.416 e. The fourth-order valence-electron chi connectivity index (χ4n) is 1.67. The topological polar surface area (TPSA) is 44.5 Å². The second kappa shape index (κ2) is 6.02. The van der Waals surface area contributed by atoms with Gasteiger partial charge in [-0.1, -0.05) is 0 Å². The van der Waals surface area contributed by atoms with E-state index in [0.717, 1.165) is 18.6 Å². The number of anilines is 1. The summed E-state index contributed by atoms with van der Waals surface area (Å²) in [6.07, 6.45) is -3.52. The molecule has 19 heavy (non-hydrogen) atoms. The number of rotatable bonds is 3. The third-order valence-corrected chi connectivity index (χ3v) is 3.95. The Labute approximate surface area is 113 Å². The molecule has 1 saturated heterocycles. The van der Waals surface area contributed by atoms with Crippen LogP contribution >= 0.6 is 11.8 Å². The van der Waals surface area contributed by atoms with Crippen molar-refractivity contribution in [3.63, 3.8) is 0 Å². The van der Waals surface area contributed by atoms with Crippen LogP contribution in [0.25, 0.3) is 0 Å². The van der Waals surface area contributed by atoms with Gasteiger partial charge in [0.1, 0.15) is 6.79 Å². The molecule has 0 bridgehead atoms. The van der Waals surface area contributed by atoms with Crippen molar-refractivity contribution >= 4 is 17.4 Å². The van der Waals surface area contributed by atoms with Crippen LogP contribution in [0, 0.1) is 0 Å². The van der Waals surface area contributed by atoms with Crippen molar-refractivity contribution in [1.82, 2.24) is 0 Å². The normalized spacial score (nSPS) is 20.5. The number of nitrogen functional groups attached to an aromatic ring is 1. The van der Waals surface area contributed by atoms with E-state index < -0.39 is 11.7 Å². The molecule has 2 rings (SSSR count). The number of halogens is 3. The molecule has 1 unspecified atom stereocenters. The summed E-state index contributed by atoms with van der Waals surface area (Å²) in [7, 11) is 0. The van der Waals surface area contributed by atoms with E-state index in [0.29, 0.717) is 17.3 Å². The molecule has 0 aliphatic carbocycles. The van der Waals surface area contributed by atoms with E-state index in [9.17, 15) is 13.2 Å². The molecule has 1 aliphatic rings. The monoisotopic (exact) mass is 293 g/mol. The van der Waals surface area contributed by atoms with Gasteiger partial charge < -0.3 is 15.2 Å². The molecule has 0 spiro atoms. The Balaban J connectivity index is 1.97. The minimum Gasteiger partial charge on any atom is -0.398 e. The summed E-state index contributed by atoms with van der Waals surface area (Å²) < 4.78 is 47.8. The highest BCUT2D eigenvalue weighted by Gasteiger charge is 2.30. The maximum atomic E-state index is 12.5. The van der Waals surface area contributed by atoms with Crippen LogP contribution in [0.5, 0.6) is 0 Å². The van der Waals surface area contributed by atoms with Crippen molar-refractivity contribution < 1.29 is 22.6 Å². The molecule has 7 heteroatoms. The average Bonchev–Trinajstić information content (AvgIpc) is 2.37. The molecule has 1 aromatic carbocycles. The van der Waals surface area contributed by atoms with E-state index in [4.69, 9.17) is 15.2 Å². The molecule has 1 heterocycles. The van der Waals surface area contributed by atoms with E-state index >= 15 is 0 Å². The SMILES string of the molecule is Nc1cc(C(F)(F)F)ccc1SCC1CCOCO1. The van der Waals surface area contributed by atoms with E-state index in [1.807, 2.05) is 0 Å². The molecule has 2 N–H and O–H groups in total. The summed E-state index contributed by atoms with van der Waals surface area (Å²) in [5, 5.41) is 0. The van der Waals surface area contributed by atoms with E-state index in [-0.39, 0.29) is 18.6 Å². The number of nitrogens with two attached hydrogens (primary N) is 1. The Morgan fingerprint density at radius 3 is 2.74 bits per heavy atom. The Hall–Kier alpha value is -0.920. The van der Waals surface area contributed by atoms with Crippen molar-refractivity contribution in [2.75, 3.05) is 24.9 Å². The Morgan fingerprint density at radius 1 is 1.37 bits per heavy atom. The van der Waals surface area contributed by atoms with Gasteiger partial charge in [-0.15, -0.1) is 11.8 Å². The zero-order valence-electron chi connectivity index (χ0n) is 10.1. The summed E-state index contributed by atoms with van der Waals surface area (Å²) in [5.74, 6) is 0.652. The third-order valence-electron chi connectivity index (χ3n) is 2.73. The van der Waals surface area contributed by atoms with Crippen LogP contribution < -0.4 is 5.73 Å². The highest BCUT2D eigenvalue weighted by atomic mass is 32.2. The molecular weight excluding hydrogens is 279 g/mol. The van der Waals surface area contributed by atoms with Crippen LogP contribution in [0.3, 0.4) is 0 Å². The molecule has 1 atom stereocenters. The first-order chi connectivity index (χ1) is 8.97. The van der Waals surface area contributed by atoms with Crippen molar-refractivity contribution in [3.8, 4) is 0 Å². The number of alkyl halides is 3. The third kappa shape index (κ3) is 4.02. The van der Waals surface area contributed by atoms with E-state index in [2.05, 4.69) is 0 Å². The number of ether oxygens (including phenoxy) is 2. The average molecular weight is 293 g/mol. The molecule has 1 fully saturated rings. The van der Waals surface area contributed by atoms with Gasteiger partial charge in [-0.3, -0.25) is 0 Å². The van der Waals surface area contributed by atoms with Crippen molar-refractivity contribution in [3.05, 3.63) is 23.8 Å². The van der Waals surface area contributed by atoms with Gasteiger partial charge in [0.05, 0.1) is 18.3 Å². The van der Waals surface area contributed by atoms with Crippen molar-refractivity contribution in [2.45, 2.75) is 23.6 Å². The maximum absolute atomic E-state index is 12.5. The highest BCUT2D eigenvalue weighted by Crippen LogP contribution is 2.34. The van der Waals surface area contributed by atoms with Gasteiger partial charge in [-0.2, -0.15) is 13.2 Å². The highest BCUT2D eigenvalue weighted by molar-refractivity contribution is 7.99. The van der Waals surface area contributed by atoms with Gasteiger partial charge in [-0.05, 0) is 24.6 Å². The molecule has 1 aliphatic heterocycles. The summed E-state index contributed by atoms with van der Waals surface area (Å²) in [4.78, 5) is 0.642. The largest absolute Gasteiger partial charge is 0.416 e. The lowest BCUT2D eigenvalue weighted by molar-refractivity contribution is -0.137. The molecule has 1 aromatic rings. The molecule has 0 aromatic heterocycles. The first kappa shape index (κ1) is 14.5. The van der Waals surface area contributed by atoms with Crippen LogP contribution in [0.4, 0.5) is 18.9 Å². The van der Waals surface area contributed by atoms with E-state index in [1.54, 1.807) is 0 Å².